The van der Waals surface area contributed by atoms with Gasteiger partial charge in [-0.05, 0) is 17.7 Å². The van der Waals surface area contributed by atoms with Crippen molar-refractivity contribution in [3.05, 3.63) is 32.8 Å². The monoisotopic (exact) mass is 258 g/mol. The van der Waals surface area contributed by atoms with E-state index in [1.54, 1.807) is 0 Å². The van der Waals surface area contributed by atoms with Gasteiger partial charge in [-0.1, -0.05) is 34.8 Å². The summed E-state index contributed by atoms with van der Waals surface area (Å²) in [5.41, 5.74) is 0.511. The summed E-state index contributed by atoms with van der Waals surface area (Å²) in [5.74, 6) is -0.0459. The third-order valence-electron chi connectivity index (χ3n) is 1.37. The predicted molar refractivity (Wildman–Crippen MR) is 55.9 cm³/mol. The summed E-state index contributed by atoms with van der Waals surface area (Å²) in [6.07, 6.45) is 0. The van der Waals surface area contributed by atoms with Gasteiger partial charge < -0.3 is 4.55 Å². The molecule has 1 N–H and O–H groups in total. The van der Waals surface area contributed by atoms with Crippen LogP contribution in [0.15, 0.2) is 12.1 Å². The normalized spacial score (nSPS) is 12.9. The molecule has 0 heterocycles. The van der Waals surface area contributed by atoms with E-state index in [4.69, 9.17) is 39.4 Å². The Morgan fingerprint density at radius 2 is 1.69 bits per heavy atom. The topological polar surface area (TPSA) is 37.3 Å². The molecule has 1 aromatic carbocycles. The quantitative estimate of drug-likeness (QED) is 0.653. The molecule has 6 heteroatoms. The maximum atomic E-state index is 10.5. The minimum atomic E-state index is -1.93. The highest BCUT2D eigenvalue weighted by Crippen LogP contribution is 2.29. The first-order chi connectivity index (χ1) is 6.00. The Bertz CT molecular complexity index is 354. The van der Waals surface area contributed by atoms with Crippen molar-refractivity contribution < 1.29 is 8.76 Å². The molecule has 1 rings (SSSR count). The van der Waals surface area contributed by atoms with Gasteiger partial charge >= 0.3 is 0 Å². The Kier molecular flexibility index (Phi) is 4.01. The Morgan fingerprint density at radius 1 is 1.15 bits per heavy atom. The Balaban J connectivity index is 3.08. The highest BCUT2D eigenvalue weighted by Gasteiger charge is 2.07. The van der Waals surface area contributed by atoms with E-state index in [-0.39, 0.29) is 5.75 Å². The molecule has 0 saturated heterocycles. The molecular formula is C7H5Cl3O2S. The fourth-order valence-corrected chi connectivity index (χ4v) is 2.03. The van der Waals surface area contributed by atoms with Gasteiger partial charge in [-0.3, -0.25) is 0 Å². The predicted octanol–water partition coefficient (Wildman–Crippen LogP) is 3.37. The first-order valence-corrected chi connectivity index (χ1v) is 5.62. The lowest BCUT2D eigenvalue weighted by Gasteiger charge is -2.03. The van der Waals surface area contributed by atoms with Gasteiger partial charge in [-0.25, -0.2) is 4.21 Å². The van der Waals surface area contributed by atoms with E-state index in [9.17, 15) is 4.21 Å². The third kappa shape index (κ3) is 3.11. The van der Waals surface area contributed by atoms with Gasteiger partial charge in [0.2, 0.25) is 0 Å². The average molecular weight is 260 g/mol. The SMILES string of the molecule is O=S(O)Cc1cc(Cl)c(Cl)cc1Cl. The van der Waals surface area contributed by atoms with Crippen LogP contribution in [0.1, 0.15) is 5.56 Å². The summed E-state index contributed by atoms with van der Waals surface area (Å²) in [4.78, 5) is 0. The molecule has 0 aliphatic heterocycles. The lowest BCUT2D eigenvalue weighted by molar-refractivity contribution is 0.563. The molecule has 0 spiro atoms. The molecule has 0 aliphatic carbocycles. The van der Waals surface area contributed by atoms with Crippen molar-refractivity contribution in [3.8, 4) is 0 Å². The molecular weight excluding hydrogens is 255 g/mol. The maximum absolute atomic E-state index is 10.5. The number of halogens is 3. The molecule has 0 fully saturated rings. The molecule has 0 aliphatic rings. The van der Waals surface area contributed by atoms with Crippen LogP contribution in [0.5, 0.6) is 0 Å². The molecule has 2 nitrogen and oxygen atoms in total. The standard InChI is InChI=1S/C7H5Cl3O2S/c8-5-2-7(10)6(9)1-4(5)3-13(11)12/h1-2H,3H2,(H,11,12). The molecule has 0 amide bonds. The van der Waals surface area contributed by atoms with Gasteiger partial charge in [0.25, 0.3) is 0 Å². The van der Waals surface area contributed by atoms with Gasteiger partial charge in [0.05, 0.1) is 15.8 Å². The van der Waals surface area contributed by atoms with Crippen molar-refractivity contribution >= 4 is 45.9 Å². The highest BCUT2D eigenvalue weighted by molar-refractivity contribution is 7.78. The van der Waals surface area contributed by atoms with Crippen LogP contribution in [-0.2, 0) is 16.8 Å². The highest BCUT2D eigenvalue weighted by atomic mass is 35.5. The van der Waals surface area contributed by atoms with Crippen LogP contribution in [0.25, 0.3) is 0 Å². The number of hydrogen-bond acceptors (Lipinski definition) is 1. The summed E-state index contributed by atoms with van der Waals surface area (Å²) in [6.45, 7) is 0. The van der Waals surface area contributed by atoms with E-state index >= 15 is 0 Å². The zero-order valence-corrected chi connectivity index (χ0v) is 9.34. The van der Waals surface area contributed by atoms with Crippen LogP contribution >= 0.6 is 34.8 Å². The van der Waals surface area contributed by atoms with Gasteiger partial charge in [-0.2, -0.15) is 0 Å². The van der Waals surface area contributed by atoms with Gasteiger partial charge in [0.15, 0.2) is 11.1 Å². The summed E-state index contributed by atoms with van der Waals surface area (Å²) < 4.78 is 19.1. The van der Waals surface area contributed by atoms with Crippen molar-refractivity contribution in [3.63, 3.8) is 0 Å². The molecule has 13 heavy (non-hydrogen) atoms. The van der Waals surface area contributed by atoms with Gasteiger partial charge in [0, 0.05) is 5.02 Å². The second kappa shape index (κ2) is 4.62. The molecule has 1 unspecified atom stereocenters. The van der Waals surface area contributed by atoms with Crippen LogP contribution in [-0.4, -0.2) is 8.76 Å². The van der Waals surface area contributed by atoms with Crippen LogP contribution in [0.4, 0.5) is 0 Å². The second-order valence-electron chi connectivity index (χ2n) is 2.32. The van der Waals surface area contributed by atoms with Crippen LogP contribution in [0, 0.1) is 0 Å². The molecule has 1 atom stereocenters. The van der Waals surface area contributed by atoms with E-state index in [1.165, 1.54) is 12.1 Å². The first kappa shape index (κ1) is 11.3. The maximum Gasteiger partial charge on any atom is 0.157 e. The van der Waals surface area contributed by atoms with E-state index in [0.29, 0.717) is 20.6 Å². The number of rotatable bonds is 2. The Labute approximate surface area is 93.1 Å². The Hall–Kier alpha value is 0.200. The summed E-state index contributed by atoms with van der Waals surface area (Å²) in [6, 6.07) is 2.94. The summed E-state index contributed by atoms with van der Waals surface area (Å²) >= 11 is 15.2. The second-order valence-corrected chi connectivity index (χ2v) is 4.48. The molecule has 0 bridgehead atoms. The van der Waals surface area contributed by atoms with Gasteiger partial charge in [0.1, 0.15) is 0 Å². The van der Waals surface area contributed by atoms with E-state index in [2.05, 4.69) is 0 Å². The number of benzene rings is 1. The van der Waals surface area contributed by atoms with E-state index in [0.717, 1.165) is 0 Å². The van der Waals surface area contributed by atoms with Crippen molar-refractivity contribution in [1.29, 1.82) is 0 Å². The first-order valence-electron chi connectivity index (χ1n) is 3.21. The third-order valence-corrected chi connectivity index (χ3v) is 3.00. The lowest BCUT2D eigenvalue weighted by atomic mass is 10.2. The zero-order chi connectivity index (χ0) is 10.0. The minimum absolute atomic E-state index is 0.0459. The van der Waals surface area contributed by atoms with Crippen molar-refractivity contribution in [2.24, 2.45) is 0 Å². The van der Waals surface area contributed by atoms with Gasteiger partial charge in [-0.15, -0.1) is 0 Å². The fraction of sp³-hybridized carbons (Fsp3) is 0.143. The van der Waals surface area contributed by atoms with Crippen molar-refractivity contribution in [1.82, 2.24) is 0 Å². The minimum Gasteiger partial charge on any atom is -0.306 e. The summed E-state index contributed by atoms with van der Waals surface area (Å²) in [7, 11) is 0. The van der Waals surface area contributed by atoms with Crippen molar-refractivity contribution in [2.45, 2.75) is 5.75 Å². The van der Waals surface area contributed by atoms with Crippen LogP contribution in [0.2, 0.25) is 15.1 Å². The lowest BCUT2D eigenvalue weighted by Crippen LogP contribution is -1.94. The van der Waals surface area contributed by atoms with Crippen LogP contribution < -0.4 is 0 Å². The largest absolute Gasteiger partial charge is 0.306 e. The molecule has 0 saturated carbocycles. The van der Waals surface area contributed by atoms with E-state index in [1.807, 2.05) is 0 Å². The number of hydrogen-bond donors (Lipinski definition) is 1. The zero-order valence-electron chi connectivity index (χ0n) is 6.26. The molecule has 1 aromatic rings. The molecule has 72 valence electrons. The molecule has 0 aromatic heterocycles. The smallest absolute Gasteiger partial charge is 0.157 e. The fourth-order valence-electron chi connectivity index (χ4n) is 0.807. The van der Waals surface area contributed by atoms with Crippen molar-refractivity contribution in [2.75, 3.05) is 0 Å². The van der Waals surface area contributed by atoms with E-state index < -0.39 is 11.1 Å². The Morgan fingerprint density at radius 3 is 2.23 bits per heavy atom. The molecule has 0 radical (unpaired) electrons. The van der Waals surface area contributed by atoms with Crippen LogP contribution in [0.3, 0.4) is 0 Å². The summed E-state index contributed by atoms with van der Waals surface area (Å²) in [5, 5.41) is 1.00. The average Bonchev–Trinajstić information content (AvgIpc) is 1.99.